The third kappa shape index (κ3) is 3.96. The lowest BCUT2D eigenvalue weighted by atomic mass is 9.90. The average Bonchev–Trinajstić information content (AvgIpc) is 2.95. The first-order chi connectivity index (χ1) is 8.18. The molecule has 4 nitrogen and oxygen atoms in total. The molecule has 2 rings (SSSR count). The highest BCUT2D eigenvalue weighted by molar-refractivity contribution is 5.75. The maximum Gasteiger partial charge on any atom is 0.220 e. The molecule has 0 radical (unpaired) electrons. The van der Waals surface area contributed by atoms with Crippen molar-refractivity contribution in [1.82, 2.24) is 10.6 Å². The molecule has 2 heterocycles. The van der Waals surface area contributed by atoms with Gasteiger partial charge >= 0.3 is 0 Å². The van der Waals surface area contributed by atoms with Crippen LogP contribution in [-0.4, -0.2) is 38.8 Å². The molecule has 2 unspecified atom stereocenters. The normalized spacial score (nSPS) is 32.9. The number of nitrogens with one attached hydrogen (secondary N) is 2. The SMILES string of the molecule is CC1(CNC(=O)CCC2CCNC2)CCOC1. The van der Waals surface area contributed by atoms with Gasteiger partial charge in [-0.1, -0.05) is 6.92 Å². The van der Waals surface area contributed by atoms with Crippen molar-refractivity contribution in [3.8, 4) is 0 Å². The molecule has 2 aliphatic heterocycles. The van der Waals surface area contributed by atoms with Crippen molar-refractivity contribution in [2.75, 3.05) is 32.8 Å². The second-order valence-electron chi connectivity index (χ2n) is 5.79. The molecule has 4 heteroatoms. The van der Waals surface area contributed by atoms with Crippen LogP contribution in [0.4, 0.5) is 0 Å². The van der Waals surface area contributed by atoms with Crippen LogP contribution in [0.2, 0.25) is 0 Å². The Balaban J connectivity index is 1.60. The molecule has 2 saturated heterocycles. The highest BCUT2D eigenvalue weighted by atomic mass is 16.5. The first kappa shape index (κ1) is 12.8. The molecule has 0 spiro atoms. The summed E-state index contributed by atoms with van der Waals surface area (Å²) in [5.74, 6) is 0.899. The molecule has 17 heavy (non-hydrogen) atoms. The van der Waals surface area contributed by atoms with E-state index in [9.17, 15) is 4.79 Å². The highest BCUT2D eigenvalue weighted by Crippen LogP contribution is 2.26. The number of rotatable bonds is 5. The van der Waals surface area contributed by atoms with Crippen LogP contribution in [0.3, 0.4) is 0 Å². The van der Waals surface area contributed by atoms with Gasteiger partial charge in [0.1, 0.15) is 0 Å². The molecule has 2 atom stereocenters. The zero-order chi connectivity index (χ0) is 12.1. The summed E-state index contributed by atoms with van der Waals surface area (Å²) < 4.78 is 5.37. The molecule has 0 aliphatic carbocycles. The molecule has 0 aromatic rings. The summed E-state index contributed by atoms with van der Waals surface area (Å²) in [6.45, 7) is 6.75. The Morgan fingerprint density at radius 3 is 3.12 bits per heavy atom. The quantitative estimate of drug-likeness (QED) is 0.751. The van der Waals surface area contributed by atoms with Crippen molar-refractivity contribution in [1.29, 1.82) is 0 Å². The van der Waals surface area contributed by atoms with Gasteiger partial charge < -0.3 is 15.4 Å². The fraction of sp³-hybridized carbons (Fsp3) is 0.923. The van der Waals surface area contributed by atoms with Crippen LogP contribution in [0.25, 0.3) is 0 Å². The van der Waals surface area contributed by atoms with Gasteiger partial charge in [-0.2, -0.15) is 0 Å². The molecule has 0 bridgehead atoms. The molecule has 2 aliphatic rings. The van der Waals surface area contributed by atoms with Gasteiger partial charge in [-0.25, -0.2) is 0 Å². The molecule has 1 amide bonds. The Bertz CT molecular complexity index is 256. The zero-order valence-electron chi connectivity index (χ0n) is 10.8. The summed E-state index contributed by atoms with van der Waals surface area (Å²) >= 11 is 0. The third-order valence-corrected chi connectivity index (χ3v) is 3.95. The highest BCUT2D eigenvalue weighted by Gasteiger charge is 2.29. The monoisotopic (exact) mass is 240 g/mol. The Kier molecular flexibility index (Phi) is 4.40. The Hall–Kier alpha value is -0.610. The molecule has 2 N–H and O–H groups in total. The topological polar surface area (TPSA) is 50.4 Å². The lowest BCUT2D eigenvalue weighted by Crippen LogP contribution is -2.36. The van der Waals surface area contributed by atoms with Crippen LogP contribution in [0.1, 0.15) is 32.6 Å². The standard InChI is InChI=1S/C13H24N2O2/c1-13(5-7-17-10-13)9-15-12(16)3-2-11-4-6-14-8-11/h11,14H,2-10H2,1H3,(H,15,16). The van der Waals surface area contributed by atoms with Crippen LogP contribution in [0.15, 0.2) is 0 Å². The lowest BCUT2D eigenvalue weighted by molar-refractivity contribution is -0.121. The van der Waals surface area contributed by atoms with Gasteiger partial charge in [-0.3, -0.25) is 4.79 Å². The Labute approximate surface area is 103 Å². The van der Waals surface area contributed by atoms with E-state index in [2.05, 4.69) is 17.6 Å². The van der Waals surface area contributed by atoms with E-state index < -0.39 is 0 Å². The first-order valence-corrected chi connectivity index (χ1v) is 6.73. The maximum atomic E-state index is 11.7. The van der Waals surface area contributed by atoms with Gasteiger partial charge in [-0.15, -0.1) is 0 Å². The number of hydrogen-bond donors (Lipinski definition) is 2. The molecule has 98 valence electrons. The minimum absolute atomic E-state index is 0.157. The van der Waals surface area contributed by atoms with E-state index in [0.29, 0.717) is 12.3 Å². The van der Waals surface area contributed by atoms with Crippen LogP contribution in [-0.2, 0) is 9.53 Å². The zero-order valence-corrected chi connectivity index (χ0v) is 10.8. The predicted molar refractivity (Wildman–Crippen MR) is 66.8 cm³/mol. The Morgan fingerprint density at radius 2 is 2.47 bits per heavy atom. The summed E-state index contributed by atoms with van der Waals surface area (Å²) in [6, 6.07) is 0. The summed E-state index contributed by atoms with van der Waals surface area (Å²) in [4.78, 5) is 11.7. The van der Waals surface area contributed by atoms with Gasteiger partial charge in [0.05, 0.1) is 6.61 Å². The summed E-state index contributed by atoms with van der Waals surface area (Å²) in [7, 11) is 0. The second-order valence-corrected chi connectivity index (χ2v) is 5.79. The number of hydrogen-bond acceptors (Lipinski definition) is 3. The number of ether oxygens (including phenoxy) is 1. The molecule has 0 aromatic heterocycles. The van der Waals surface area contributed by atoms with Gasteiger partial charge in [0, 0.05) is 25.0 Å². The van der Waals surface area contributed by atoms with Crippen LogP contribution >= 0.6 is 0 Å². The van der Waals surface area contributed by atoms with Crippen molar-refractivity contribution >= 4 is 5.91 Å². The van der Waals surface area contributed by atoms with Crippen molar-refractivity contribution in [2.45, 2.75) is 32.6 Å². The minimum Gasteiger partial charge on any atom is -0.381 e. The largest absolute Gasteiger partial charge is 0.381 e. The van der Waals surface area contributed by atoms with Crippen molar-refractivity contribution in [2.24, 2.45) is 11.3 Å². The van der Waals surface area contributed by atoms with Gasteiger partial charge in [0.15, 0.2) is 0 Å². The fourth-order valence-electron chi connectivity index (χ4n) is 2.55. The molecular weight excluding hydrogens is 216 g/mol. The van der Waals surface area contributed by atoms with Crippen molar-refractivity contribution in [3.63, 3.8) is 0 Å². The van der Waals surface area contributed by atoms with E-state index in [1.54, 1.807) is 0 Å². The second kappa shape index (κ2) is 5.83. The first-order valence-electron chi connectivity index (χ1n) is 6.73. The number of amides is 1. The molecule has 0 saturated carbocycles. The molecule has 0 aromatic carbocycles. The number of carbonyl (C=O) groups is 1. The number of carbonyl (C=O) groups excluding carboxylic acids is 1. The van der Waals surface area contributed by atoms with Crippen molar-refractivity contribution in [3.05, 3.63) is 0 Å². The van der Waals surface area contributed by atoms with E-state index in [1.165, 1.54) is 6.42 Å². The van der Waals surface area contributed by atoms with E-state index in [1.807, 2.05) is 0 Å². The van der Waals surface area contributed by atoms with Crippen LogP contribution in [0, 0.1) is 11.3 Å². The summed E-state index contributed by atoms with van der Waals surface area (Å²) in [5.41, 5.74) is 0.157. The summed E-state index contributed by atoms with van der Waals surface area (Å²) in [5, 5.41) is 6.38. The van der Waals surface area contributed by atoms with E-state index in [4.69, 9.17) is 4.74 Å². The molecule has 2 fully saturated rings. The minimum atomic E-state index is 0.157. The average molecular weight is 240 g/mol. The van der Waals surface area contributed by atoms with Crippen LogP contribution < -0.4 is 10.6 Å². The Morgan fingerprint density at radius 1 is 1.59 bits per heavy atom. The van der Waals surface area contributed by atoms with Gasteiger partial charge in [-0.05, 0) is 38.3 Å². The summed E-state index contributed by atoms with van der Waals surface area (Å²) in [6.07, 6.45) is 3.97. The maximum absolute atomic E-state index is 11.7. The van der Waals surface area contributed by atoms with Gasteiger partial charge in [0.25, 0.3) is 0 Å². The third-order valence-electron chi connectivity index (χ3n) is 3.95. The van der Waals surface area contributed by atoms with E-state index >= 15 is 0 Å². The lowest BCUT2D eigenvalue weighted by Gasteiger charge is -2.22. The predicted octanol–water partition coefficient (Wildman–Crippen LogP) is 0.919. The fourth-order valence-corrected chi connectivity index (χ4v) is 2.55. The smallest absolute Gasteiger partial charge is 0.220 e. The van der Waals surface area contributed by atoms with E-state index in [-0.39, 0.29) is 11.3 Å². The van der Waals surface area contributed by atoms with Crippen LogP contribution in [0.5, 0.6) is 0 Å². The van der Waals surface area contributed by atoms with Crippen molar-refractivity contribution < 1.29 is 9.53 Å². The molecular formula is C13H24N2O2. The van der Waals surface area contributed by atoms with Gasteiger partial charge in [0.2, 0.25) is 5.91 Å². The van der Waals surface area contributed by atoms with E-state index in [0.717, 1.165) is 45.7 Å².